The predicted molar refractivity (Wildman–Crippen MR) is 78.1 cm³/mol. The van der Waals surface area contributed by atoms with Crippen LogP contribution in [0.1, 0.15) is 58.6 Å². The molecule has 0 heterocycles. The maximum atomic E-state index is 5.98. The van der Waals surface area contributed by atoms with Crippen LogP contribution in [0.25, 0.3) is 0 Å². The highest BCUT2D eigenvalue weighted by Crippen LogP contribution is 2.26. The molecule has 0 aromatic heterocycles. The van der Waals surface area contributed by atoms with Crippen LogP contribution in [0.4, 0.5) is 0 Å². The van der Waals surface area contributed by atoms with Crippen molar-refractivity contribution in [3.63, 3.8) is 0 Å². The first-order valence-electron chi connectivity index (χ1n) is 7.18. The van der Waals surface area contributed by atoms with E-state index in [0.717, 1.165) is 18.7 Å². The van der Waals surface area contributed by atoms with Gasteiger partial charge in [0, 0.05) is 11.6 Å². The lowest BCUT2D eigenvalue weighted by molar-refractivity contribution is 0.213. The fourth-order valence-electron chi connectivity index (χ4n) is 1.85. The smallest absolute Gasteiger partial charge is 0.124 e. The van der Waals surface area contributed by atoms with Crippen molar-refractivity contribution in [3.05, 3.63) is 29.8 Å². The molecule has 1 aromatic carbocycles. The third kappa shape index (κ3) is 4.69. The summed E-state index contributed by atoms with van der Waals surface area (Å²) < 4.78 is 5.98. The molecule has 2 atom stereocenters. The number of unbranched alkanes of at least 4 members (excludes halogenated alkanes) is 1. The Hall–Kier alpha value is -1.02. The second-order valence-corrected chi connectivity index (χ2v) is 4.90. The summed E-state index contributed by atoms with van der Waals surface area (Å²) in [6, 6.07) is 8.69. The normalized spacial score (nSPS) is 14.2. The molecule has 2 heteroatoms. The minimum Gasteiger partial charge on any atom is -0.490 e. The number of para-hydroxylation sites is 1. The van der Waals surface area contributed by atoms with Crippen molar-refractivity contribution < 1.29 is 4.74 Å². The van der Waals surface area contributed by atoms with Gasteiger partial charge in [0.05, 0.1) is 6.10 Å². The summed E-state index contributed by atoms with van der Waals surface area (Å²) in [6.45, 7) is 9.75. The number of benzene rings is 1. The number of nitrogens with one attached hydrogen (secondary N) is 1. The fraction of sp³-hybridized carbons (Fsp3) is 0.625. The van der Waals surface area contributed by atoms with E-state index >= 15 is 0 Å². The van der Waals surface area contributed by atoms with E-state index in [1.54, 1.807) is 0 Å². The van der Waals surface area contributed by atoms with Crippen LogP contribution in [0.3, 0.4) is 0 Å². The number of rotatable bonds is 8. The molecule has 0 aliphatic heterocycles. The highest BCUT2D eigenvalue weighted by molar-refractivity contribution is 5.35. The van der Waals surface area contributed by atoms with E-state index in [0.29, 0.717) is 6.04 Å². The van der Waals surface area contributed by atoms with Gasteiger partial charge in [-0.2, -0.15) is 0 Å². The fourth-order valence-corrected chi connectivity index (χ4v) is 1.85. The lowest BCUT2D eigenvalue weighted by Crippen LogP contribution is -2.21. The SMILES string of the molecule is CCCCN[C@@H](C)c1ccccc1O[C@@H](C)CC. The van der Waals surface area contributed by atoms with Crippen LogP contribution in [0, 0.1) is 0 Å². The van der Waals surface area contributed by atoms with Gasteiger partial charge in [-0.25, -0.2) is 0 Å². The zero-order valence-electron chi connectivity index (χ0n) is 12.2. The first-order chi connectivity index (χ1) is 8.69. The average Bonchev–Trinajstić information content (AvgIpc) is 2.39. The quantitative estimate of drug-likeness (QED) is 0.693. The van der Waals surface area contributed by atoms with Crippen LogP contribution in [0.5, 0.6) is 5.75 Å². The summed E-state index contributed by atoms with van der Waals surface area (Å²) in [5.74, 6) is 1.02. The van der Waals surface area contributed by atoms with Gasteiger partial charge in [0.25, 0.3) is 0 Å². The van der Waals surface area contributed by atoms with E-state index in [-0.39, 0.29) is 6.10 Å². The molecule has 2 nitrogen and oxygen atoms in total. The van der Waals surface area contributed by atoms with Gasteiger partial charge in [0.15, 0.2) is 0 Å². The minimum absolute atomic E-state index is 0.272. The average molecular weight is 249 g/mol. The van der Waals surface area contributed by atoms with Gasteiger partial charge >= 0.3 is 0 Å². The molecule has 0 amide bonds. The molecule has 102 valence electrons. The predicted octanol–water partition coefficient (Wildman–Crippen LogP) is 4.31. The van der Waals surface area contributed by atoms with E-state index in [2.05, 4.69) is 51.2 Å². The second kappa shape index (κ2) is 8.15. The zero-order valence-corrected chi connectivity index (χ0v) is 12.2. The van der Waals surface area contributed by atoms with Crippen molar-refractivity contribution in [3.8, 4) is 5.75 Å². The summed E-state index contributed by atoms with van der Waals surface area (Å²) in [6.07, 6.45) is 3.75. The monoisotopic (exact) mass is 249 g/mol. The highest BCUT2D eigenvalue weighted by Gasteiger charge is 2.12. The lowest BCUT2D eigenvalue weighted by atomic mass is 10.1. The molecular formula is C16H27NO. The summed E-state index contributed by atoms with van der Waals surface area (Å²) in [7, 11) is 0. The van der Waals surface area contributed by atoms with Crippen molar-refractivity contribution in [2.24, 2.45) is 0 Å². The Morgan fingerprint density at radius 1 is 1.17 bits per heavy atom. The Morgan fingerprint density at radius 3 is 2.56 bits per heavy atom. The Morgan fingerprint density at radius 2 is 1.89 bits per heavy atom. The van der Waals surface area contributed by atoms with Crippen molar-refractivity contribution in [1.82, 2.24) is 5.32 Å². The van der Waals surface area contributed by atoms with Crippen molar-refractivity contribution in [2.75, 3.05) is 6.54 Å². The van der Waals surface area contributed by atoms with Crippen molar-refractivity contribution in [2.45, 2.75) is 59.1 Å². The Bertz CT molecular complexity index is 338. The Kier molecular flexibility index (Phi) is 6.81. The van der Waals surface area contributed by atoms with Crippen LogP contribution in [0.2, 0.25) is 0 Å². The third-order valence-corrected chi connectivity index (χ3v) is 3.27. The minimum atomic E-state index is 0.272. The maximum absolute atomic E-state index is 5.98. The summed E-state index contributed by atoms with van der Waals surface area (Å²) in [4.78, 5) is 0. The molecule has 0 aliphatic rings. The molecule has 1 aromatic rings. The van der Waals surface area contributed by atoms with E-state index < -0.39 is 0 Å². The number of ether oxygens (including phenoxy) is 1. The van der Waals surface area contributed by atoms with Crippen molar-refractivity contribution in [1.29, 1.82) is 0 Å². The topological polar surface area (TPSA) is 21.3 Å². The van der Waals surface area contributed by atoms with Crippen LogP contribution < -0.4 is 10.1 Å². The van der Waals surface area contributed by atoms with Gasteiger partial charge in [-0.1, -0.05) is 38.5 Å². The molecule has 0 saturated carbocycles. The molecule has 0 spiro atoms. The summed E-state index contributed by atoms with van der Waals surface area (Å²) in [5, 5.41) is 3.55. The molecule has 0 aliphatic carbocycles. The van der Waals surface area contributed by atoms with Crippen LogP contribution in [-0.2, 0) is 0 Å². The summed E-state index contributed by atoms with van der Waals surface area (Å²) in [5.41, 5.74) is 1.26. The Labute approximate surface area is 112 Å². The van der Waals surface area contributed by atoms with Gasteiger partial charge in [0.2, 0.25) is 0 Å². The van der Waals surface area contributed by atoms with Crippen molar-refractivity contribution >= 4 is 0 Å². The second-order valence-electron chi connectivity index (χ2n) is 4.90. The first kappa shape index (κ1) is 15.0. The van der Waals surface area contributed by atoms with E-state index in [9.17, 15) is 0 Å². The zero-order chi connectivity index (χ0) is 13.4. The molecule has 0 unspecified atom stereocenters. The summed E-state index contributed by atoms with van der Waals surface area (Å²) >= 11 is 0. The van der Waals surface area contributed by atoms with E-state index in [1.807, 2.05) is 6.07 Å². The number of hydrogen-bond acceptors (Lipinski definition) is 2. The van der Waals surface area contributed by atoms with Gasteiger partial charge in [-0.05, 0) is 39.3 Å². The Balaban J connectivity index is 2.68. The highest BCUT2D eigenvalue weighted by atomic mass is 16.5. The van der Waals surface area contributed by atoms with Gasteiger partial charge in [0.1, 0.15) is 5.75 Å². The largest absolute Gasteiger partial charge is 0.490 e. The van der Waals surface area contributed by atoms with Gasteiger partial charge in [-0.3, -0.25) is 0 Å². The van der Waals surface area contributed by atoms with E-state index in [1.165, 1.54) is 18.4 Å². The van der Waals surface area contributed by atoms with Crippen LogP contribution in [-0.4, -0.2) is 12.6 Å². The first-order valence-corrected chi connectivity index (χ1v) is 7.18. The molecule has 1 N–H and O–H groups in total. The van der Waals surface area contributed by atoms with E-state index in [4.69, 9.17) is 4.74 Å². The molecular weight excluding hydrogens is 222 g/mol. The molecule has 0 radical (unpaired) electrons. The standard InChI is InChI=1S/C16H27NO/c1-5-7-12-17-14(4)15-10-8-9-11-16(15)18-13(3)6-2/h8-11,13-14,17H,5-7,12H2,1-4H3/t13-,14-/m0/s1. The lowest BCUT2D eigenvalue weighted by Gasteiger charge is -2.20. The van der Waals surface area contributed by atoms with Gasteiger partial charge in [-0.15, -0.1) is 0 Å². The third-order valence-electron chi connectivity index (χ3n) is 3.27. The molecule has 18 heavy (non-hydrogen) atoms. The maximum Gasteiger partial charge on any atom is 0.124 e. The molecule has 0 saturated heterocycles. The molecule has 0 bridgehead atoms. The molecule has 1 rings (SSSR count). The van der Waals surface area contributed by atoms with Crippen LogP contribution in [0.15, 0.2) is 24.3 Å². The van der Waals surface area contributed by atoms with Gasteiger partial charge < -0.3 is 10.1 Å². The molecule has 0 fully saturated rings. The number of hydrogen-bond donors (Lipinski definition) is 1. The van der Waals surface area contributed by atoms with Crippen LogP contribution >= 0.6 is 0 Å².